The van der Waals surface area contributed by atoms with Crippen LogP contribution in [0.3, 0.4) is 0 Å². The van der Waals surface area contributed by atoms with Crippen LogP contribution < -0.4 is 0 Å². The molecule has 1 fully saturated rings. The highest BCUT2D eigenvalue weighted by Gasteiger charge is 2.11. The van der Waals surface area contributed by atoms with E-state index in [0.29, 0.717) is 0 Å². The predicted octanol–water partition coefficient (Wildman–Crippen LogP) is 3.22. The van der Waals surface area contributed by atoms with E-state index in [2.05, 4.69) is 13.8 Å². The van der Waals surface area contributed by atoms with Gasteiger partial charge in [-0.05, 0) is 11.8 Å². The van der Waals surface area contributed by atoms with Crippen molar-refractivity contribution in [2.45, 2.75) is 46.0 Å². The lowest BCUT2D eigenvalue weighted by molar-refractivity contribution is 0.476. The van der Waals surface area contributed by atoms with Gasteiger partial charge in [0, 0.05) is 0 Å². The summed E-state index contributed by atoms with van der Waals surface area (Å²) in [5.41, 5.74) is 0. The molecule has 1 aliphatic rings. The van der Waals surface area contributed by atoms with Gasteiger partial charge in [0.25, 0.3) is 0 Å². The Kier molecular flexibility index (Phi) is 2.56. The first-order valence-corrected chi connectivity index (χ1v) is 4.29. The van der Waals surface area contributed by atoms with Crippen LogP contribution >= 0.6 is 0 Å². The number of rotatable bonds is 0. The molecule has 0 heterocycles. The maximum absolute atomic E-state index is 2.39. The lowest BCUT2D eigenvalue weighted by Gasteiger charge is -2.05. The average molecular weight is 126 g/mol. The Bertz CT molecular complexity index is 66.1. The van der Waals surface area contributed by atoms with Crippen molar-refractivity contribution in [2.75, 3.05) is 0 Å². The van der Waals surface area contributed by atoms with E-state index in [9.17, 15) is 0 Å². The second-order valence-corrected chi connectivity index (χ2v) is 3.72. The molecule has 0 spiro atoms. The monoisotopic (exact) mass is 126 g/mol. The third-order valence-electron chi connectivity index (χ3n) is 2.55. The summed E-state index contributed by atoms with van der Waals surface area (Å²) in [5, 5.41) is 0. The Morgan fingerprint density at radius 2 is 1.22 bits per heavy atom. The van der Waals surface area contributed by atoms with E-state index in [1.807, 2.05) is 0 Å². The SMILES string of the molecule is CC1CCC[C@@H](C)CC1. The van der Waals surface area contributed by atoms with Gasteiger partial charge in [0.05, 0.1) is 0 Å². The molecule has 0 aliphatic heterocycles. The van der Waals surface area contributed by atoms with Gasteiger partial charge in [0.15, 0.2) is 0 Å². The Labute approximate surface area is 58.7 Å². The Hall–Kier alpha value is 0. The third-order valence-corrected chi connectivity index (χ3v) is 2.55. The lowest BCUT2D eigenvalue weighted by Crippen LogP contribution is -1.91. The Morgan fingerprint density at radius 1 is 0.778 bits per heavy atom. The molecular formula is C9H18. The van der Waals surface area contributed by atoms with Crippen molar-refractivity contribution in [3.8, 4) is 0 Å². The summed E-state index contributed by atoms with van der Waals surface area (Å²) < 4.78 is 0. The van der Waals surface area contributed by atoms with Crippen LogP contribution in [0, 0.1) is 11.8 Å². The largest absolute Gasteiger partial charge is 0.0625 e. The molecule has 0 aromatic heterocycles. The first-order valence-electron chi connectivity index (χ1n) is 4.29. The predicted molar refractivity (Wildman–Crippen MR) is 41.4 cm³/mol. The first-order chi connectivity index (χ1) is 4.29. The Morgan fingerprint density at radius 3 is 1.67 bits per heavy atom. The molecule has 1 saturated carbocycles. The maximum Gasteiger partial charge on any atom is -0.0443 e. The molecule has 1 unspecified atom stereocenters. The molecule has 0 aromatic carbocycles. The topological polar surface area (TPSA) is 0 Å². The molecule has 0 N–H and O–H groups in total. The van der Waals surface area contributed by atoms with Crippen LogP contribution in [0.25, 0.3) is 0 Å². The zero-order chi connectivity index (χ0) is 6.69. The van der Waals surface area contributed by atoms with Crippen LogP contribution in [0.15, 0.2) is 0 Å². The Balaban J connectivity index is 2.25. The van der Waals surface area contributed by atoms with Crippen molar-refractivity contribution in [3.05, 3.63) is 0 Å². The van der Waals surface area contributed by atoms with Gasteiger partial charge in [-0.2, -0.15) is 0 Å². The summed E-state index contributed by atoms with van der Waals surface area (Å²) in [6.45, 7) is 4.77. The van der Waals surface area contributed by atoms with Crippen molar-refractivity contribution < 1.29 is 0 Å². The molecule has 2 atom stereocenters. The highest BCUT2D eigenvalue weighted by Crippen LogP contribution is 2.25. The van der Waals surface area contributed by atoms with Crippen molar-refractivity contribution >= 4 is 0 Å². The standard InChI is InChI=1S/C9H18/c1-8-4-3-5-9(2)7-6-8/h8-9H,3-7H2,1-2H3/t8-,9?/m1/s1. The van der Waals surface area contributed by atoms with Gasteiger partial charge in [-0.1, -0.05) is 46.0 Å². The van der Waals surface area contributed by atoms with E-state index in [0.717, 1.165) is 11.8 Å². The molecule has 9 heavy (non-hydrogen) atoms. The molecule has 54 valence electrons. The fourth-order valence-corrected chi connectivity index (χ4v) is 1.67. The molecule has 1 rings (SSSR count). The van der Waals surface area contributed by atoms with Gasteiger partial charge in [-0.3, -0.25) is 0 Å². The molecule has 0 aromatic rings. The van der Waals surface area contributed by atoms with Crippen molar-refractivity contribution in [3.63, 3.8) is 0 Å². The van der Waals surface area contributed by atoms with Crippen molar-refractivity contribution in [1.29, 1.82) is 0 Å². The third kappa shape index (κ3) is 2.38. The smallest absolute Gasteiger partial charge is 0.0443 e. The van der Waals surface area contributed by atoms with E-state index in [1.54, 1.807) is 0 Å². The van der Waals surface area contributed by atoms with Crippen molar-refractivity contribution in [2.24, 2.45) is 11.8 Å². The van der Waals surface area contributed by atoms with Gasteiger partial charge in [0.2, 0.25) is 0 Å². The molecule has 0 saturated heterocycles. The maximum atomic E-state index is 2.39. The van der Waals surface area contributed by atoms with E-state index >= 15 is 0 Å². The minimum atomic E-state index is 1.01. The minimum Gasteiger partial charge on any atom is -0.0625 e. The van der Waals surface area contributed by atoms with Crippen LogP contribution in [0.4, 0.5) is 0 Å². The number of hydrogen-bond donors (Lipinski definition) is 0. The van der Waals surface area contributed by atoms with Gasteiger partial charge in [-0.25, -0.2) is 0 Å². The second-order valence-electron chi connectivity index (χ2n) is 3.72. The second kappa shape index (κ2) is 3.24. The van der Waals surface area contributed by atoms with Gasteiger partial charge < -0.3 is 0 Å². The highest BCUT2D eigenvalue weighted by molar-refractivity contribution is 4.64. The van der Waals surface area contributed by atoms with Gasteiger partial charge in [-0.15, -0.1) is 0 Å². The molecule has 0 heteroatoms. The first kappa shape index (κ1) is 7.11. The lowest BCUT2D eigenvalue weighted by atomic mass is 10.0. The summed E-state index contributed by atoms with van der Waals surface area (Å²) >= 11 is 0. The van der Waals surface area contributed by atoms with E-state index in [4.69, 9.17) is 0 Å². The number of hydrogen-bond acceptors (Lipinski definition) is 0. The fraction of sp³-hybridized carbons (Fsp3) is 1.00. The summed E-state index contributed by atoms with van der Waals surface area (Å²) in [5.74, 6) is 2.02. The van der Waals surface area contributed by atoms with Crippen LogP contribution in [-0.4, -0.2) is 0 Å². The van der Waals surface area contributed by atoms with E-state index in [1.165, 1.54) is 32.1 Å². The molecule has 0 amide bonds. The fourth-order valence-electron chi connectivity index (χ4n) is 1.67. The molecular weight excluding hydrogens is 108 g/mol. The van der Waals surface area contributed by atoms with Crippen LogP contribution in [-0.2, 0) is 0 Å². The summed E-state index contributed by atoms with van der Waals surface area (Å²) in [6, 6.07) is 0. The average Bonchev–Trinajstić information content (AvgIpc) is 1.97. The van der Waals surface area contributed by atoms with Gasteiger partial charge in [0.1, 0.15) is 0 Å². The zero-order valence-electron chi connectivity index (χ0n) is 6.69. The molecule has 1 aliphatic carbocycles. The van der Waals surface area contributed by atoms with Crippen LogP contribution in [0.5, 0.6) is 0 Å². The summed E-state index contributed by atoms with van der Waals surface area (Å²) in [6.07, 6.45) is 7.37. The van der Waals surface area contributed by atoms with Crippen molar-refractivity contribution in [1.82, 2.24) is 0 Å². The van der Waals surface area contributed by atoms with Crippen LogP contribution in [0.2, 0.25) is 0 Å². The summed E-state index contributed by atoms with van der Waals surface area (Å²) in [4.78, 5) is 0. The summed E-state index contributed by atoms with van der Waals surface area (Å²) in [7, 11) is 0. The van der Waals surface area contributed by atoms with E-state index in [-0.39, 0.29) is 0 Å². The normalized spacial score (nSPS) is 38.0. The molecule has 0 nitrogen and oxygen atoms in total. The minimum absolute atomic E-state index is 1.01. The van der Waals surface area contributed by atoms with Crippen LogP contribution in [0.1, 0.15) is 46.0 Å². The molecule has 0 radical (unpaired) electrons. The zero-order valence-corrected chi connectivity index (χ0v) is 6.69. The quantitative estimate of drug-likeness (QED) is 0.437. The van der Waals surface area contributed by atoms with Gasteiger partial charge >= 0.3 is 0 Å². The molecule has 0 bridgehead atoms. The highest BCUT2D eigenvalue weighted by atomic mass is 14.2. The van der Waals surface area contributed by atoms with E-state index < -0.39 is 0 Å².